The summed E-state index contributed by atoms with van der Waals surface area (Å²) in [5.41, 5.74) is 0.595. The first kappa shape index (κ1) is 16.2. The number of aliphatic carboxylic acids is 1. The SMILES string of the molecule is O=C([O-])CC[C@H](O)C(=O)Nc1ccsc1.[K+]. The molecule has 16 heavy (non-hydrogen) atoms. The average Bonchev–Trinajstić information content (AvgIpc) is 2.66. The van der Waals surface area contributed by atoms with Gasteiger partial charge in [-0.05, 0) is 24.3 Å². The fraction of sp³-hybridized carbons (Fsp3) is 0.333. The third kappa shape index (κ3) is 6.09. The molecule has 0 radical (unpaired) electrons. The van der Waals surface area contributed by atoms with Crippen molar-refractivity contribution in [1.82, 2.24) is 0 Å². The topological polar surface area (TPSA) is 89.5 Å². The number of carboxylic acid groups (broad SMARTS) is 1. The Labute approximate surface area is 139 Å². The minimum Gasteiger partial charge on any atom is -0.550 e. The van der Waals surface area contributed by atoms with Crippen LogP contribution in [0.3, 0.4) is 0 Å². The molecular weight excluding hydrogens is 257 g/mol. The molecule has 0 aliphatic heterocycles. The summed E-state index contributed by atoms with van der Waals surface area (Å²) in [7, 11) is 0. The van der Waals surface area contributed by atoms with E-state index in [9.17, 15) is 19.8 Å². The van der Waals surface area contributed by atoms with Crippen molar-refractivity contribution in [2.45, 2.75) is 18.9 Å². The molecule has 0 spiro atoms. The van der Waals surface area contributed by atoms with E-state index in [4.69, 9.17) is 0 Å². The standard InChI is InChI=1S/C9H11NO4S.K/c11-7(1-2-8(12)13)9(14)10-6-3-4-15-5-6;/h3-5,7,11H,1-2H2,(H,10,14)(H,12,13);/q;+1/p-1/t7-;/m0./s1. The Bertz CT molecular complexity index is 341. The van der Waals surface area contributed by atoms with Gasteiger partial charge < -0.3 is 20.3 Å². The summed E-state index contributed by atoms with van der Waals surface area (Å²) in [5, 5.41) is 25.3. The first-order valence-electron chi connectivity index (χ1n) is 4.30. The summed E-state index contributed by atoms with van der Waals surface area (Å²) >= 11 is 1.41. The van der Waals surface area contributed by atoms with Gasteiger partial charge in [0.05, 0.1) is 5.69 Å². The second-order valence-electron chi connectivity index (χ2n) is 2.93. The van der Waals surface area contributed by atoms with Crippen molar-refractivity contribution < 1.29 is 71.2 Å². The van der Waals surface area contributed by atoms with E-state index in [1.54, 1.807) is 16.8 Å². The van der Waals surface area contributed by atoms with Gasteiger partial charge in [0, 0.05) is 11.3 Å². The van der Waals surface area contributed by atoms with Crippen molar-refractivity contribution in [3.8, 4) is 0 Å². The molecule has 0 aromatic carbocycles. The second kappa shape index (κ2) is 8.35. The van der Waals surface area contributed by atoms with E-state index in [0.717, 1.165) is 0 Å². The summed E-state index contributed by atoms with van der Waals surface area (Å²) in [6, 6.07) is 1.69. The number of aliphatic hydroxyl groups is 1. The van der Waals surface area contributed by atoms with Crippen LogP contribution in [0.4, 0.5) is 5.69 Å². The van der Waals surface area contributed by atoms with Crippen LogP contribution in [-0.2, 0) is 9.59 Å². The Balaban J connectivity index is 0.00000225. The molecule has 0 bridgehead atoms. The second-order valence-corrected chi connectivity index (χ2v) is 3.71. The van der Waals surface area contributed by atoms with E-state index >= 15 is 0 Å². The molecule has 1 amide bonds. The Morgan fingerprint density at radius 3 is 2.75 bits per heavy atom. The molecule has 0 unspecified atom stereocenters. The molecule has 0 aliphatic carbocycles. The van der Waals surface area contributed by atoms with Crippen molar-refractivity contribution in [2.24, 2.45) is 0 Å². The number of hydrogen-bond donors (Lipinski definition) is 2. The fourth-order valence-electron chi connectivity index (χ4n) is 0.947. The van der Waals surface area contributed by atoms with Crippen LogP contribution in [0.15, 0.2) is 16.8 Å². The van der Waals surface area contributed by atoms with E-state index in [-0.39, 0.29) is 64.2 Å². The summed E-state index contributed by atoms with van der Waals surface area (Å²) in [6.07, 6.45) is -1.79. The molecule has 82 valence electrons. The van der Waals surface area contributed by atoms with Crippen molar-refractivity contribution in [3.63, 3.8) is 0 Å². The van der Waals surface area contributed by atoms with Gasteiger partial charge in [-0.15, -0.1) is 0 Å². The van der Waals surface area contributed by atoms with Gasteiger partial charge in [-0.1, -0.05) is 0 Å². The monoisotopic (exact) mass is 267 g/mol. The van der Waals surface area contributed by atoms with Crippen LogP contribution in [0.25, 0.3) is 0 Å². The summed E-state index contributed by atoms with van der Waals surface area (Å²) < 4.78 is 0. The van der Waals surface area contributed by atoms with Crippen LogP contribution in [0.2, 0.25) is 0 Å². The van der Waals surface area contributed by atoms with Crippen LogP contribution < -0.4 is 61.8 Å². The predicted molar refractivity (Wildman–Crippen MR) is 53.2 cm³/mol. The molecule has 1 heterocycles. The van der Waals surface area contributed by atoms with Gasteiger partial charge in [0.25, 0.3) is 5.91 Å². The van der Waals surface area contributed by atoms with Gasteiger partial charge in [0.2, 0.25) is 0 Å². The van der Waals surface area contributed by atoms with E-state index in [0.29, 0.717) is 5.69 Å². The van der Waals surface area contributed by atoms with Crippen LogP contribution in [-0.4, -0.2) is 23.1 Å². The van der Waals surface area contributed by atoms with Crippen LogP contribution in [0.5, 0.6) is 0 Å². The number of thiophene rings is 1. The van der Waals surface area contributed by atoms with Gasteiger partial charge in [0.1, 0.15) is 6.10 Å². The van der Waals surface area contributed by atoms with E-state index < -0.39 is 18.0 Å². The van der Waals surface area contributed by atoms with Crippen LogP contribution in [0, 0.1) is 0 Å². The molecule has 2 N–H and O–H groups in total. The maximum atomic E-state index is 11.3. The third-order valence-electron chi connectivity index (χ3n) is 1.71. The smallest absolute Gasteiger partial charge is 0.550 e. The van der Waals surface area contributed by atoms with Crippen molar-refractivity contribution in [3.05, 3.63) is 16.8 Å². The van der Waals surface area contributed by atoms with E-state index in [2.05, 4.69) is 5.32 Å². The first-order chi connectivity index (χ1) is 7.09. The Morgan fingerprint density at radius 1 is 1.56 bits per heavy atom. The quantitative estimate of drug-likeness (QED) is 0.544. The van der Waals surface area contributed by atoms with Gasteiger partial charge >= 0.3 is 51.4 Å². The summed E-state index contributed by atoms with van der Waals surface area (Å²) in [5.74, 6) is -1.88. The number of amides is 1. The molecule has 1 aromatic heterocycles. The largest absolute Gasteiger partial charge is 1.00 e. The predicted octanol–water partition coefficient (Wildman–Crippen LogP) is -3.42. The number of carbonyl (C=O) groups is 2. The molecule has 0 saturated heterocycles. The van der Waals surface area contributed by atoms with E-state index in [1.165, 1.54) is 11.3 Å². The molecule has 0 fully saturated rings. The summed E-state index contributed by atoms with van der Waals surface area (Å²) in [6.45, 7) is 0. The Kier molecular flexibility index (Phi) is 8.47. The van der Waals surface area contributed by atoms with Gasteiger partial charge in [-0.25, -0.2) is 0 Å². The van der Waals surface area contributed by atoms with E-state index in [1.807, 2.05) is 0 Å². The molecule has 1 atom stereocenters. The zero-order valence-electron chi connectivity index (χ0n) is 8.80. The van der Waals surface area contributed by atoms with Gasteiger partial charge in [-0.3, -0.25) is 4.79 Å². The minimum absolute atomic E-state index is 0. The zero-order valence-corrected chi connectivity index (χ0v) is 12.7. The van der Waals surface area contributed by atoms with Gasteiger partial charge in [-0.2, -0.15) is 11.3 Å². The third-order valence-corrected chi connectivity index (χ3v) is 2.40. The molecule has 1 aromatic rings. The maximum Gasteiger partial charge on any atom is 1.00 e. The Hall–Kier alpha value is 0.236. The molecular formula is C9H10KNO4S. The number of hydrogen-bond acceptors (Lipinski definition) is 5. The fourth-order valence-corrected chi connectivity index (χ4v) is 1.53. The van der Waals surface area contributed by atoms with Crippen molar-refractivity contribution in [1.29, 1.82) is 0 Å². The average molecular weight is 267 g/mol. The molecule has 1 rings (SSSR count). The maximum absolute atomic E-state index is 11.3. The zero-order chi connectivity index (χ0) is 11.3. The van der Waals surface area contributed by atoms with Crippen LogP contribution in [0.1, 0.15) is 12.8 Å². The minimum atomic E-state index is -1.32. The number of nitrogens with one attached hydrogen (secondary N) is 1. The number of rotatable bonds is 5. The number of carboxylic acids is 1. The molecule has 0 aliphatic rings. The van der Waals surface area contributed by atoms with Gasteiger partial charge in [0.15, 0.2) is 0 Å². The number of anilines is 1. The first-order valence-corrected chi connectivity index (χ1v) is 5.25. The molecule has 0 saturated carbocycles. The molecule has 7 heteroatoms. The Morgan fingerprint density at radius 2 is 2.25 bits per heavy atom. The number of carbonyl (C=O) groups excluding carboxylic acids is 2. The summed E-state index contributed by atoms with van der Waals surface area (Å²) in [4.78, 5) is 21.3. The number of aliphatic hydroxyl groups excluding tert-OH is 1. The van der Waals surface area contributed by atoms with Crippen LogP contribution >= 0.6 is 11.3 Å². The normalized spacial score (nSPS) is 11.3. The van der Waals surface area contributed by atoms with Crippen molar-refractivity contribution >= 4 is 28.9 Å². The van der Waals surface area contributed by atoms with Crippen molar-refractivity contribution in [2.75, 3.05) is 5.32 Å². The molecule has 5 nitrogen and oxygen atoms in total.